The van der Waals surface area contributed by atoms with Gasteiger partial charge in [0, 0.05) is 31.9 Å². The predicted molar refractivity (Wildman–Crippen MR) is 116 cm³/mol. The summed E-state index contributed by atoms with van der Waals surface area (Å²) < 4.78 is 1.95. The van der Waals surface area contributed by atoms with Crippen LogP contribution in [0.15, 0.2) is 17.4 Å². The van der Waals surface area contributed by atoms with Gasteiger partial charge in [-0.1, -0.05) is 13.3 Å². The number of aromatic nitrogens is 2. The van der Waals surface area contributed by atoms with E-state index in [0.29, 0.717) is 6.04 Å². The van der Waals surface area contributed by atoms with Crippen LogP contribution in [0.1, 0.15) is 45.1 Å². The second kappa shape index (κ2) is 12.5. The average Bonchev–Trinajstić information content (AvgIpc) is 3.00. The maximum atomic E-state index is 4.70. The molecule has 0 spiro atoms. The summed E-state index contributed by atoms with van der Waals surface area (Å²) in [4.78, 5) is 7.29. The lowest BCUT2D eigenvalue weighted by molar-refractivity contribution is 0.203. The number of hydrogen-bond acceptors (Lipinski definition) is 3. The van der Waals surface area contributed by atoms with Crippen molar-refractivity contribution in [1.29, 1.82) is 0 Å². The molecule has 1 fully saturated rings. The Hall–Kier alpha value is -0.830. The van der Waals surface area contributed by atoms with E-state index in [4.69, 9.17) is 4.99 Å². The second-order valence-corrected chi connectivity index (χ2v) is 6.66. The summed E-state index contributed by atoms with van der Waals surface area (Å²) in [6.45, 7) is 12.5. The summed E-state index contributed by atoms with van der Waals surface area (Å²) in [5.74, 6) is 0.938. The molecule has 0 atom stereocenters. The van der Waals surface area contributed by atoms with Crippen LogP contribution in [0.25, 0.3) is 0 Å². The number of aliphatic imine (C=N–C) groups is 1. The predicted octanol–water partition coefficient (Wildman–Crippen LogP) is 2.63. The van der Waals surface area contributed by atoms with E-state index in [9.17, 15) is 0 Å². The number of halogens is 1. The van der Waals surface area contributed by atoms with Crippen LogP contribution >= 0.6 is 24.0 Å². The third-order valence-corrected chi connectivity index (χ3v) is 4.46. The van der Waals surface area contributed by atoms with Crippen molar-refractivity contribution in [2.75, 3.05) is 32.7 Å². The number of guanidine groups is 1. The number of piperidine rings is 1. The van der Waals surface area contributed by atoms with E-state index in [2.05, 4.69) is 47.6 Å². The fraction of sp³-hybridized carbons (Fsp3) is 0.778. The van der Waals surface area contributed by atoms with Gasteiger partial charge in [0.25, 0.3) is 0 Å². The largest absolute Gasteiger partial charge is 0.357 e. The van der Waals surface area contributed by atoms with Gasteiger partial charge in [0.2, 0.25) is 0 Å². The minimum absolute atomic E-state index is 0. The molecule has 0 unspecified atom stereocenters. The SMILES string of the molecule is CCCCN1CCC(NC(=NCCn2cc(C)cn2)NCC)CC1.I. The van der Waals surface area contributed by atoms with Crippen molar-refractivity contribution < 1.29 is 0 Å². The van der Waals surface area contributed by atoms with Crippen LogP contribution in [-0.4, -0.2) is 59.4 Å². The second-order valence-electron chi connectivity index (χ2n) is 6.66. The van der Waals surface area contributed by atoms with Crippen LogP contribution in [0.2, 0.25) is 0 Å². The van der Waals surface area contributed by atoms with Gasteiger partial charge in [-0.25, -0.2) is 0 Å². The quantitative estimate of drug-likeness (QED) is 0.355. The topological polar surface area (TPSA) is 57.5 Å². The molecule has 1 aliphatic rings. The molecular weight excluding hydrogens is 427 g/mol. The Morgan fingerprint density at radius 1 is 1.28 bits per heavy atom. The maximum Gasteiger partial charge on any atom is 0.191 e. The van der Waals surface area contributed by atoms with Gasteiger partial charge >= 0.3 is 0 Å². The first kappa shape index (κ1) is 22.2. The minimum Gasteiger partial charge on any atom is -0.357 e. The zero-order chi connectivity index (χ0) is 17.2. The van der Waals surface area contributed by atoms with E-state index in [1.807, 2.05) is 10.9 Å². The fourth-order valence-electron chi connectivity index (χ4n) is 3.05. The Labute approximate surface area is 169 Å². The van der Waals surface area contributed by atoms with Crippen molar-refractivity contribution in [3.63, 3.8) is 0 Å². The lowest BCUT2D eigenvalue weighted by Crippen LogP contribution is -2.48. The Balaban J connectivity index is 0.00000312. The highest BCUT2D eigenvalue weighted by atomic mass is 127. The molecular formula is C18H35IN6. The summed E-state index contributed by atoms with van der Waals surface area (Å²) >= 11 is 0. The van der Waals surface area contributed by atoms with Gasteiger partial charge in [0.05, 0.1) is 19.3 Å². The summed E-state index contributed by atoms with van der Waals surface area (Å²) in [7, 11) is 0. The van der Waals surface area contributed by atoms with Crippen LogP contribution in [0.3, 0.4) is 0 Å². The molecule has 2 rings (SSSR count). The molecule has 0 amide bonds. The molecule has 7 heteroatoms. The zero-order valence-corrected chi connectivity index (χ0v) is 18.3. The lowest BCUT2D eigenvalue weighted by Gasteiger charge is -2.33. The molecule has 1 aliphatic heterocycles. The number of likely N-dealkylation sites (tertiary alicyclic amines) is 1. The number of aryl methyl sites for hydroxylation is 1. The maximum absolute atomic E-state index is 4.70. The summed E-state index contributed by atoms with van der Waals surface area (Å²) in [5, 5.41) is 11.3. The molecule has 0 aromatic carbocycles. The molecule has 2 N–H and O–H groups in total. The first-order valence-corrected chi connectivity index (χ1v) is 9.47. The van der Waals surface area contributed by atoms with Crippen molar-refractivity contribution in [2.45, 2.75) is 59.0 Å². The van der Waals surface area contributed by atoms with Gasteiger partial charge < -0.3 is 15.5 Å². The number of rotatable bonds is 8. The van der Waals surface area contributed by atoms with Gasteiger partial charge in [-0.05, 0) is 45.2 Å². The van der Waals surface area contributed by atoms with Crippen LogP contribution in [0.5, 0.6) is 0 Å². The van der Waals surface area contributed by atoms with Gasteiger partial charge in [0.15, 0.2) is 5.96 Å². The fourth-order valence-corrected chi connectivity index (χ4v) is 3.05. The van der Waals surface area contributed by atoms with Gasteiger partial charge in [-0.3, -0.25) is 9.67 Å². The monoisotopic (exact) mass is 462 g/mol. The summed E-state index contributed by atoms with van der Waals surface area (Å²) in [6.07, 6.45) is 8.95. The standard InChI is InChI=1S/C18H34N6.HI/c1-4-6-10-23-11-7-17(8-12-23)22-18(19-5-2)20-9-13-24-15-16(3)14-21-24;/h14-15,17H,4-13H2,1-3H3,(H2,19,20,22);1H. The van der Waals surface area contributed by atoms with Crippen LogP contribution in [0, 0.1) is 6.92 Å². The molecule has 1 aromatic heterocycles. The van der Waals surface area contributed by atoms with Crippen molar-refractivity contribution in [2.24, 2.45) is 4.99 Å². The number of hydrogen-bond donors (Lipinski definition) is 2. The van der Waals surface area contributed by atoms with Crippen molar-refractivity contribution >= 4 is 29.9 Å². The lowest BCUT2D eigenvalue weighted by atomic mass is 10.0. The number of nitrogens with one attached hydrogen (secondary N) is 2. The Morgan fingerprint density at radius 3 is 2.64 bits per heavy atom. The van der Waals surface area contributed by atoms with E-state index >= 15 is 0 Å². The van der Waals surface area contributed by atoms with E-state index in [-0.39, 0.29) is 24.0 Å². The van der Waals surface area contributed by atoms with Gasteiger partial charge in [0.1, 0.15) is 0 Å². The highest BCUT2D eigenvalue weighted by molar-refractivity contribution is 14.0. The smallest absolute Gasteiger partial charge is 0.191 e. The molecule has 6 nitrogen and oxygen atoms in total. The molecule has 0 bridgehead atoms. The molecule has 1 aromatic rings. The molecule has 25 heavy (non-hydrogen) atoms. The molecule has 0 radical (unpaired) electrons. The van der Waals surface area contributed by atoms with E-state index in [1.165, 1.54) is 50.9 Å². The molecule has 0 saturated carbocycles. The molecule has 1 saturated heterocycles. The van der Waals surface area contributed by atoms with E-state index in [1.54, 1.807) is 0 Å². The summed E-state index contributed by atoms with van der Waals surface area (Å²) in [6, 6.07) is 0.535. The highest BCUT2D eigenvalue weighted by Crippen LogP contribution is 2.11. The van der Waals surface area contributed by atoms with Gasteiger partial charge in [-0.2, -0.15) is 5.10 Å². The van der Waals surface area contributed by atoms with Gasteiger partial charge in [-0.15, -0.1) is 24.0 Å². The van der Waals surface area contributed by atoms with Crippen LogP contribution in [-0.2, 0) is 6.54 Å². The zero-order valence-electron chi connectivity index (χ0n) is 16.0. The highest BCUT2D eigenvalue weighted by Gasteiger charge is 2.19. The Morgan fingerprint density at radius 2 is 2.04 bits per heavy atom. The first-order valence-electron chi connectivity index (χ1n) is 9.47. The average molecular weight is 462 g/mol. The first-order chi connectivity index (χ1) is 11.7. The van der Waals surface area contributed by atoms with Crippen molar-refractivity contribution in [1.82, 2.24) is 25.3 Å². The Bertz CT molecular complexity index is 494. The Kier molecular flexibility index (Phi) is 11.1. The van der Waals surface area contributed by atoms with Crippen molar-refractivity contribution in [3.8, 4) is 0 Å². The normalized spacial score (nSPS) is 16.5. The van der Waals surface area contributed by atoms with E-state index < -0.39 is 0 Å². The van der Waals surface area contributed by atoms with Crippen molar-refractivity contribution in [3.05, 3.63) is 18.0 Å². The van der Waals surface area contributed by atoms with Crippen LogP contribution < -0.4 is 10.6 Å². The molecule has 144 valence electrons. The molecule has 0 aliphatic carbocycles. The molecule has 2 heterocycles. The summed E-state index contributed by atoms with van der Waals surface area (Å²) in [5.41, 5.74) is 1.19. The third-order valence-electron chi connectivity index (χ3n) is 4.46. The van der Waals surface area contributed by atoms with Crippen LogP contribution in [0.4, 0.5) is 0 Å². The number of nitrogens with zero attached hydrogens (tertiary/aromatic N) is 4. The third kappa shape index (κ3) is 8.40. The minimum atomic E-state index is 0. The van der Waals surface area contributed by atoms with E-state index in [0.717, 1.165) is 25.6 Å². The number of unbranched alkanes of at least 4 members (excludes halogenated alkanes) is 1.